The smallest absolute Gasteiger partial charge is 0.306 e. The second-order valence-corrected chi connectivity index (χ2v) is 19.8. The van der Waals surface area contributed by atoms with Crippen molar-refractivity contribution in [1.29, 1.82) is 0 Å². The molecule has 6 heteroatoms. The minimum absolute atomic E-state index is 0.108. The van der Waals surface area contributed by atoms with Crippen LogP contribution in [0.5, 0.6) is 0 Å². The molecule has 0 heterocycles. The van der Waals surface area contributed by atoms with Crippen LogP contribution in [-0.2, 0) is 28.6 Å². The molecule has 0 aromatic heterocycles. The van der Waals surface area contributed by atoms with Crippen LogP contribution >= 0.6 is 0 Å². The van der Waals surface area contributed by atoms with E-state index in [0.29, 0.717) is 19.3 Å². The summed E-state index contributed by atoms with van der Waals surface area (Å²) in [5, 5.41) is 0. The van der Waals surface area contributed by atoms with E-state index in [0.717, 1.165) is 135 Å². The van der Waals surface area contributed by atoms with Crippen LogP contribution in [0.25, 0.3) is 0 Å². The lowest BCUT2D eigenvalue weighted by Gasteiger charge is -2.18. The highest BCUT2D eigenvalue weighted by atomic mass is 16.6. The monoisotopic (exact) mass is 1040 g/mol. The molecule has 0 aliphatic carbocycles. The number of rotatable bonds is 54. The number of carbonyl (C=O) groups is 3. The fourth-order valence-corrected chi connectivity index (χ4v) is 8.08. The van der Waals surface area contributed by atoms with Crippen LogP contribution in [0, 0.1) is 0 Å². The van der Waals surface area contributed by atoms with Crippen molar-refractivity contribution in [3.05, 3.63) is 134 Å². The molecule has 1 unspecified atom stereocenters. The summed E-state index contributed by atoms with van der Waals surface area (Å²) in [4.78, 5) is 38.2. The first-order valence-electron chi connectivity index (χ1n) is 30.7. The average molecular weight is 1040 g/mol. The molecule has 1 atom stereocenters. The number of ether oxygens (including phenoxy) is 3. The number of unbranched alkanes of at least 4 members (excludes halogenated alkanes) is 21. The topological polar surface area (TPSA) is 78.9 Å². The second-order valence-electron chi connectivity index (χ2n) is 19.8. The Morgan fingerprint density at radius 2 is 0.520 bits per heavy atom. The first-order chi connectivity index (χ1) is 37.0. The van der Waals surface area contributed by atoms with E-state index >= 15 is 0 Å². The molecule has 0 saturated heterocycles. The van der Waals surface area contributed by atoms with Gasteiger partial charge in [0.05, 0.1) is 0 Å². The minimum Gasteiger partial charge on any atom is -0.462 e. The van der Waals surface area contributed by atoms with Gasteiger partial charge in [0.25, 0.3) is 0 Å². The zero-order valence-electron chi connectivity index (χ0n) is 48.5. The third-order valence-corrected chi connectivity index (χ3v) is 12.6. The Morgan fingerprint density at radius 1 is 0.280 bits per heavy atom. The van der Waals surface area contributed by atoms with Gasteiger partial charge in [0.1, 0.15) is 13.2 Å². The standard InChI is InChI=1S/C69H112O6/c1-4-7-10-13-16-19-22-25-27-29-31-32-33-34-35-36-38-39-41-44-47-50-53-56-59-62-68(71)74-65-66(64-73-67(70)61-58-55-52-49-46-43-24-21-18-15-12-9-6-3)75-69(72)63-60-57-54-51-48-45-42-40-37-30-28-26-23-20-17-14-11-8-5-2/h7,9-10,12,16,18-19,21,25-28,31-32,34-35,38-39,43-44,46-47,66H,4-6,8,11,13-15,17,20,22-24,29-30,33,36-37,40-42,45,48-65H2,1-3H3/b10-7-,12-9-,19-16-,21-18-,27-25-,28-26-,32-31-,35-34-,39-38-,46-43-,47-44-. The number of hydrogen-bond acceptors (Lipinski definition) is 6. The molecule has 0 bridgehead atoms. The van der Waals surface area contributed by atoms with E-state index in [1.54, 1.807) is 0 Å². The van der Waals surface area contributed by atoms with Crippen molar-refractivity contribution in [1.82, 2.24) is 0 Å². The number of esters is 3. The predicted octanol–water partition coefficient (Wildman–Crippen LogP) is 21.0. The normalized spacial score (nSPS) is 13.1. The molecule has 0 radical (unpaired) electrons. The quantitative estimate of drug-likeness (QED) is 0.0261. The fraction of sp³-hybridized carbons (Fsp3) is 0.638. The first kappa shape index (κ1) is 70.5. The molecule has 0 aromatic rings. The Hall–Kier alpha value is -4.45. The van der Waals surface area contributed by atoms with Crippen molar-refractivity contribution in [3.63, 3.8) is 0 Å². The van der Waals surface area contributed by atoms with E-state index in [1.807, 2.05) is 0 Å². The van der Waals surface area contributed by atoms with Gasteiger partial charge in [-0.3, -0.25) is 14.4 Å². The van der Waals surface area contributed by atoms with E-state index < -0.39 is 6.10 Å². The number of hydrogen-bond donors (Lipinski definition) is 0. The van der Waals surface area contributed by atoms with E-state index in [1.165, 1.54) is 89.9 Å². The van der Waals surface area contributed by atoms with Gasteiger partial charge in [-0.25, -0.2) is 0 Å². The van der Waals surface area contributed by atoms with Crippen molar-refractivity contribution < 1.29 is 28.6 Å². The first-order valence-corrected chi connectivity index (χ1v) is 30.7. The lowest BCUT2D eigenvalue weighted by Crippen LogP contribution is -2.30. The Labute approximate surface area is 462 Å². The van der Waals surface area contributed by atoms with Crippen LogP contribution in [0.2, 0.25) is 0 Å². The van der Waals surface area contributed by atoms with E-state index in [-0.39, 0.29) is 31.1 Å². The lowest BCUT2D eigenvalue weighted by molar-refractivity contribution is -0.167. The van der Waals surface area contributed by atoms with Gasteiger partial charge >= 0.3 is 17.9 Å². The van der Waals surface area contributed by atoms with Crippen molar-refractivity contribution in [3.8, 4) is 0 Å². The molecule has 0 amide bonds. The Bertz CT molecular complexity index is 1620. The third-order valence-electron chi connectivity index (χ3n) is 12.6. The average Bonchev–Trinajstić information content (AvgIpc) is 3.41. The highest BCUT2D eigenvalue weighted by Gasteiger charge is 2.19. The van der Waals surface area contributed by atoms with Crippen LogP contribution in [0.15, 0.2) is 134 Å². The molecule has 0 fully saturated rings. The number of carbonyl (C=O) groups excluding carboxylic acids is 3. The highest BCUT2D eigenvalue weighted by molar-refractivity contribution is 5.71. The molecule has 0 saturated carbocycles. The summed E-state index contributed by atoms with van der Waals surface area (Å²) in [6.07, 6.45) is 87.4. The fourth-order valence-electron chi connectivity index (χ4n) is 8.08. The van der Waals surface area contributed by atoms with Crippen LogP contribution in [0.4, 0.5) is 0 Å². The van der Waals surface area contributed by atoms with Crippen molar-refractivity contribution in [2.75, 3.05) is 13.2 Å². The van der Waals surface area contributed by atoms with Crippen molar-refractivity contribution >= 4 is 17.9 Å². The zero-order valence-corrected chi connectivity index (χ0v) is 48.5. The molecule has 0 aliphatic heterocycles. The second kappa shape index (κ2) is 62.1. The summed E-state index contributed by atoms with van der Waals surface area (Å²) in [5.74, 6) is -0.971. The molecule has 0 aromatic carbocycles. The van der Waals surface area contributed by atoms with Gasteiger partial charge in [-0.1, -0.05) is 244 Å². The molecule has 0 aliphatic rings. The Kier molecular flexibility index (Phi) is 58.4. The maximum atomic E-state index is 12.9. The van der Waals surface area contributed by atoms with Crippen LogP contribution in [0.1, 0.15) is 265 Å². The van der Waals surface area contributed by atoms with Crippen molar-refractivity contribution in [2.45, 2.75) is 271 Å². The summed E-state index contributed by atoms with van der Waals surface area (Å²) in [6, 6.07) is 0. The van der Waals surface area contributed by atoms with Crippen LogP contribution < -0.4 is 0 Å². The van der Waals surface area contributed by atoms with Crippen LogP contribution in [-0.4, -0.2) is 37.2 Å². The zero-order chi connectivity index (χ0) is 54.3. The third kappa shape index (κ3) is 60.3. The largest absolute Gasteiger partial charge is 0.462 e. The summed E-state index contributed by atoms with van der Waals surface area (Å²) in [5.41, 5.74) is 0. The summed E-state index contributed by atoms with van der Waals surface area (Å²) >= 11 is 0. The van der Waals surface area contributed by atoms with Gasteiger partial charge < -0.3 is 14.2 Å². The molecule has 0 N–H and O–H groups in total. The summed E-state index contributed by atoms with van der Waals surface area (Å²) < 4.78 is 16.8. The predicted molar refractivity (Wildman–Crippen MR) is 325 cm³/mol. The molecular weight excluding hydrogens is 925 g/mol. The Morgan fingerprint density at radius 3 is 0.840 bits per heavy atom. The highest BCUT2D eigenvalue weighted by Crippen LogP contribution is 2.14. The summed E-state index contributed by atoms with van der Waals surface area (Å²) in [7, 11) is 0. The van der Waals surface area contributed by atoms with Crippen LogP contribution in [0.3, 0.4) is 0 Å². The summed E-state index contributed by atoms with van der Waals surface area (Å²) in [6.45, 7) is 6.35. The molecule has 75 heavy (non-hydrogen) atoms. The van der Waals surface area contributed by atoms with Gasteiger partial charge in [-0.2, -0.15) is 0 Å². The van der Waals surface area contributed by atoms with Gasteiger partial charge in [-0.05, 0) is 135 Å². The molecule has 6 nitrogen and oxygen atoms in total. The Balaban J connectivity index is 4.45. The maximum absolute atomic E-state index is 12.9. The van der Waals surface area contributed by atoms with Gasteiger partial charge in [0.15, 0.2) is 6.10 Å². The molecule has 0 rings (SSSR count). The van der Waals surface area contributed by atoms with Gasteiger partial charge in [0, 0.05) is 19.3 Å². The molecular formula is C69H112O6. The number of allylic oxidation sites excluding steroid dienone is 22. The lowest BCUT2D eigenvalue weighted by atomic mass is 10.1. The molecule has 0 spiro atoms. The minimum atomic E-state index is -0.811. The van der Waals surface area contributed by atoms with Gasteiger partial charge in [0.2, 0.25) is 0 Å². The van der Waals surface area contributed by atoms with Gasteiger partial charge in [-0.15, -0.1) is 0 Å². The SMILES string of the molecule is CC/C=C\C/C=C\C/C=C\C/C=C\C/C=C\C/C=C\C/C=C\CCCCCC(=O)OCC(COC(=O)CCCCC/C=C\C/C=C\C/C=C\CC)OC(=O)CCCCCCCCCCC/C=C\CCCCCCCC. The maximum Gasteiger partial charge on any atom is 0.306 e. The molecule has 424 valence electrons. The van der Waals surface area contributed by atoms with E-state index in [4.69, 9.17) is 14.2 Å². The van der Waals surface area contributed by atoms with E-state index in [9.17, 15) is 14.4 Å². The van der Waals surface area contributed by atoms with Crippen molar-refractivity contribution in [2.24, 2.45) is 0 Å². The van der Waals surface area contributed by atoms with E-state index in [2.05, 4.69) is 154 Å².